The molecule has 0 radical (unpaired) electrons. The predicted octanol–water partition coefficient (Wildman–Crippen LogP) is 4.43. The maximum absolute atomic E-state index is 12.5. The Hall–Kier alpha value is -1.50. The second kappa shape index (κ2) is 7.59. The van der Waals surface area contributed by atoms with E-state index in [4.69, 9.17) is 11.6 Å². The number of thioether (sulfide) groups is 1. The number of amides is 1. The summed E-state index contributed by atoms with van der Waals surface area (Å²) in [5.74, 6) is 0.489. The molecule has 0 bridgehead atoms. The highest BCUT2D eigenvalue weighted by Gasteiger charge is 2.16. The Bertz CT molecular complexity index is 859. The monoisotopic (exact) mass is 379 g/mol. The van der Waals surface area contributed by atoms with Gasteiger partial charge in [0.15, 0.2) is 5.16 Å². The van der Waals surface area contributed by atoms with Gasteiger partial charge in [0.1, 0.15) is 0 Å². The van der Waals surface area contributed by atoms with Gasteiger partial charge in [0.25, 0.3) is 0 Å². The lowest BCUT2D eigenvalue weighted by Gasteiger charge is -2.19. The van der Waals surface area contributed by atoms with Gasteiger partial charge in [-0.3, -0.25) is 4.79 Å². The van der Waals surface area contributed by atoms with Crippen LogP contribution in [0.15, 0.2) is 41.6 Å². The number of nitrogens with zero attached hydrogens (tertiary/aromatic N) is 3. The van der Waals surface area contributed by atoms with E-state index < -0.39 is 0 Å². The third-order valence-electron chi connectivity index (χ3n) is 3.78. The van der Waals surface area contributed by atoms with Crippen LogP contribution in [0, 0.1) is 0 Å². The Morgan fingerprint density at radius 1 is 1.33 bits per heavy atom. The minimum absolute atomic E-state index is 0.110. The van der Waals surface area contributed by atoms with Gasteiger partial charge in [0.2, 0.25) is 5.91 Å². The zero-order valence-corrected chi connectivity index (χ0v) is 15.9. The number of aromatic nitrogens is 2. The normalized spacial score (nSPS) is 11.1. The number of halogens is 1. The number of aryl methyl sites for hydroxylation is 1. The van der Waals surface area contributed by atoms with E-state index in [1.807, 2.05) is 59.8 Å². The molecule has 24 heavy (non-hydrogen) atoms. The summed E-state index contributed by atoms with van der Waals surface area (Å²) in [6.45, 7) is 3.28. The quantitative estimate of drug-likeness (QED) is 0.594. The van der Waals surface area contributed by atoms with Gasteiger partial charge in [0.05, 0.1) is 27.7 Å². The number of hydrogen-bond donors (Lipinski definition) is 0. The van der Waals surface area contributed by atoms with Crippen LogP contribution in [0.1, 0.15) is 11.8 Å². The van der Waals surface area contributed by atoms with Crippen molar-refractivity contribution >= 4 is 51.6 Å². The van der Waals surface area contributed by atoms with Gasteiger partial charge < -0.3 is 9.47 Å². The van der Waals surface area contributed by atoms with Gasteiger partial charge in [-0.05, 0) is 31.2 Å². The van der Waals surface area contributed by atoms with Crippen molar-refractivity contribution < 1.29 is 4.79 Å². The number of para-hydroxylation sites is 2. The van der Waals surface area contributed by atoms with E-state index in [1.165, 1.54) is 23.1 Å². The van der Waals surface area contributed by atoms with Gasteiger partial charge in [-0.15, -0.1) is 11.3 Å². The van der Waals surface area contributed by atoms with Crippen LogP contribution in [0.2, 0.25) is 4.34 Å². The number of carbonyl (C=O) groups is 1. The number of hydrogen-bond acceptors (Lipinski definition) is 4. The molecule has 0 N–H and O–H groups in total. The molecule has 0 fully saturated rings. The minimum Gasteiger partial charge on any atom is -0.337 e. The predicted molar refractivity (Wildman–Crippen MR) is 102 cm³/mol. The van der Waals surface area contributed by atoms with E-state index in [0.717, 1.165) is 25.4 Å². The lowest BCUT2D eigenvalue weighted by molar-refractivity contribution is -0.128. The molecule has 0 aliphatic heterocycles. The number of benzene rings is 1. The lowest BCUT2D eigenvalue weighted by Crippen LogP contribution is -2.31. The standard InChI is InChI=1S/C17H18ClN3OS2/c1-3-21(10-12-8-9-15(18)24-12)16(22)11-23-17-19-13-6-4-5-7-14(13)20(17)2/h4-9H,3,10-11H2,1-2H3. The van der Waals surface area contributed by atoms with Crippen LogP contribution in [0.25, 0.3) is 11.0 Å². The Kier molecular flexibility index (Phi) is 5.48. The molecule has 0 atom stereocenters. The molecule has 0 aliphatic carbocycles. The summed E-state index contributed by atoms with van der Waals surface area (Å²) in [4.78, 5) is 20.1. The number of thiophene rings is 1. The van der Waals surface area contributed by atoms with Gasteiger partial charge in [-0.25, -0.2) is 4.98 Å². The Labute approximate surface area is 154 Å². The summed E-state index contributed by atoms with van der Waals surface area (Å²) in [5.41, 5.74) is 2.03. The van der Waals surface area contributed by atoms with E-state index >= 15 is 0 Å². The molecule has 0 aliphatic rings. The molecule has 126 valence electrons. The average molecular weight is 380 g/mol. The summed E-state index contributed by atoms with van der Waals surface area (Å²) in [6, 6.07) is 11.8. The Morgan fingerprint density at radius 2 is 2.12 bits per heavy atom. The maximum Gasteiger partial charge on any atom is 0.233 e. The van der Waals surface area contributed by atoms with Crippen LogP contribution in [0.4, 0.5) is 0 Å². The molecule has 0 saturated carbocycles. The third kappa shape index (κ3) is 3.77. The molecule has 2 aromatic heterocycles. The molecule has 3 aromatic rings. The number of carbonyl (C=O) groups excluding carboxylic acids is 1. The molecule has 0 saturated heterocycles. The zero-order chi connectivity index (χ0) is 17.1. The largest absolute Gasteiger partial charge is 0.337 e. The smallest absolute Gasteiger partial charge is 0.233 e. The molecule has 7 heteroatoms. The van der Waals surface area contributed by atoms with Crippen molar-refractivity contribution in [3.05, 3.63) is 45.6 Å². The van der Waals surface area contributed by atoms with Crippen LogP contribution in [0.3, 0.4) is 0 Å². The average Bonchev–Trinajstić information content (AvgIpc) is 3.14. The van der Waals surface area contributed by atoms with Crippen molar-refractivity contribution in [1.29, 1.82) is 0 Å². The van der Waals surface area contributed by atoms with Crippen molar-refractivity contribution in [2.45, 2.75) is 18.6 Å². The molecule has 1 aromatic carbocycles. The van der Waals surface area contributed by atoms with Gasteiger partial charge >= 0.3 is 0 Å². The first-order valence-corrected chi connectivity index (χ1v) is 9.82. The maximum atomic E-state index is 12.5. The Morgan fingerprint density at radius 3 is 2.79 bits per heavy atom. The second-order valence-corrected chi connectivity index (χ2v) is 8.09. The van der Waals surface area contributed by atoms with Crippen LogP contribution in [-0.4, -0.2) is 32.7 Å². The van der Waals surface area contributed by atoms with Crippen LogP contribution in [-0.2, 0) is 18.4 Å². The minimum atomic E-state index is 0.110. The SMILES string of the molecule is CCN(Cc1ccc(Cl)s1)C(=O)CSc1nc2ccccc2n1C. The van der Waals surface area contributed by atoms with E-state index in [9.17, 15) is 4.79 Å². The van der Waals surface area contributed by atoms with Crippen molar-refractivity contribution in [2.24, 2.45) is 7.05 Å². The van der Waals surface area contributed by atoms with E-state index in [1.54, 1.807) is 0 Å². The van der Waals surface area contributed by atoms with Crippen LogP contribution < -0.4 is 0 Å². The number of rotatable bonds is 6. The van der Waals surface area contributed by atoms with Crippen molar-refractivity contribution in [2.75, 3.05) is 12.3 Å². The fraction of sp³-hybridized carbons (Fsp3) is 0.294. The highest BCUT2D eigenvalue weighted by molar-refractivity contribution is 7.99. The van der Waals surface area contributed by atoms with Crippen LogP contribution in [0.5, 0.6) is 0 Å². The summed E-state index contributed by atoms with van der Waals surface area (Å²) in [7, 11) is 1.98. The topological polar surface area (TPSA) is 38.1 Å². The van der Waals surface area contributed by atoms with Crippen molar-refractivity contribution in [3.63, 3.8) is 0 Å². The van der Waals surface area contributed by atoms with E-state index in [2.05, 4.69) is 4.98 Å². The summed E-state index contributed by atoms with van der Waals surface area (Å²) >= 11 is 8.96. The summed E-state index contributed by atoms with van der Waals surface area (Å²) in [6.07, 6.45) is 0. The highest BCUT2D eigenvalue weighted by atomic mass is 35.5. The van der Waals surface area contributed by atoms with E-state index in [-0.39, 0.29) is 5.91 Å². The number of fused-ring (bicyclic) bond motifs is 1. The highest BCUT2D eigenvalue weighted by Crippen LogP contribution is 2.25. The summed E-state index contributed by atoms with van der Waals surface area (Å²) < 4.78 is 2.78. The molecule has 1 amide bonds. The third-order valence-corrected chi connectivity index (χ3v) is 6.01. The molecular formula is C17H18ClN3OS2. The van der Waals surface area contributed by atoms with Crippen molar-refractivity contribution in [3.8, 4) is 0 Å². The van der Waals surface area contributed by atoms with E-state index in [0.29, 0.717) is 18.8 Å². The van der Waals surface area contributed by atoms with Crippen LogP contribution >= 0.6 is 34.7 Å². The molecule has 2 heterocycles. The van der Waals surface area contributed by atoms with Gasteiger partial charge in [-0.1, -0.05) is 35.5 Å². The lowest BCUT2D eigenvalue weighted by atomic mass is 10.3. The summed E-state index contributed by atoms with van der Waals surface area (Å²) in [5, 5.41) is 0.861. The molecule has 3 rings (SSSR count). The number of imidazole rings is 1. The second-order valence-electron chi connectivity index (χ2n) is 5.34. The Balaban J connectivity index is 1.65. The zero-order valence-electron chi connectivity index (χ0n) is 13.5. The van der Waals surface area contributed by atoms with Gasteiger partial charge in [-0.2, -0.15) is 0 Å². The molecular weight excluding hydrogens is 362 g/mol. The first kappa shape index (κ1) is 17.3. The molecule has 0 unspecified atom stereocenters. The first-order valence-electron chi connectivity index (χ1n) is 7.64. The van der Waals surface area contributed by atoms with Crippen molar-refractivity contribution in [1.82, 2.24) is 14.5 Å². The fourth-order valence-electron chi connectivity index (χ4n) is 2.47. The molecule has 0 spiro atoms. The first-order chi connectivity index (χ1) is 11.6. The fourth-order valence-corrected chi connectivity index (χ4v) is 4.46. The van der Waals surface area contributed by atoms with Gasteiger partial charge in [0, 0.05) is 18.5 Å². The molecule has 4 nitrogen and oxygen atoms in total.